The highest BCUT2D eigenvalue weighted by Crippen LogP contribution is 2.28. The minimum atomic E-state index is -1.14. The molecule has 0 aliphatic carbocycles. The molecule has 4 nitrogen and oxygen atoms in total. The lowest BCUT2D eigenvalue weighted by Gasteiger charge is -2.08. The molecule has 1 N–H and O–H groups in total. The van der Waals surface area contributed by atoms with Crippen molar-refractivity contribution in [3.8, 4) is 11.3 Å². The smallest absolute Gasteiger partial charge is 0.337 e. The Kier molecular flexibility index (Phi) is 2.87. The summed E-state index contributed by atoms with van der Waals surface area (Å²) in [5, 5.41) is 9.70. The van der Waals surface area contributed by atoms with E-state index in [1.807, 2.05) is 0 Å². The summed E-state index contributed by atoms with van der Waals surface area (Å²) in [6.45, 7) is 0. The van der Waals surface area contributed by atoms with Crippen molar-refractivity contribution in [3.63, 3.8) is 0 Å². The van der Waals surface area contributed by atoms with Crippen molar-refractivity contribution in [2.24, 2.45) is 0 Å². The Morgan fingerprint density at radius 1 is 1.15 bits per heavy atom. The Morgan fingerprint density at radius 3 is 2.70 bits per heavy atom. The maximum atomic E-state index is 13.4. The lowest BCUT2D eigenvalue weighted by molar-refractivity contribution is 0.0699. The summed E-state index contributed by atoms with van der Waals surface area (Å²) in [5.74, 6) is -1.64. The SMILES string of the molecule is O=C(O)c1c(-c2ccccn2)cnc2ccc(F)cc12. The first-order valence-corrected chi connectivity index (χ1v) is 5.90. The molecule has 0 fully saturated rings. The van der Waals surface area contributed by atoms with Gasteiger partial charge in [-0.25, -0.2) is 9.18 Å². The van der Waals surface area contributed by atoms with Crippen LogP contribution in [0.3, 0.4) is 0 Å². The van der Waals surface area contributed by atoms with Crippen LogP contribution in [0.1, 0.15) is 10.4 Å². The predicted octanol–water partition coefficient (Wildman–Crippen LogP) is 3.13. The molecule has 0 amide bonds. The molecule has 0 aliphatic heterocycles. The minimum absolute atomic E-state index is 0.00759. The lowest BCUT2D eigenvalue weighted by atomic mass is 10.0. The third-order valence-electron chi connectivity index (χ3n) is 2.98. The Hall–Kier alpha value is -2.82. The lowest BCUT2D eigenvalue weighted by Crippen LogP contribution is -2.03. The maximum absolute atomic E-state index is 13.4. The average molecular weight is 268 g/mol. The van der Waals surface area contributed by atoms with Crippen molar-refractivity contribution in [1.82, 2.24) is 9.97 Å². The van der Waals surface area contributed by atoms with Crippen molar-refractivity contribution < 1.29 is 14.3 Å². The molecule has 0 aliphatic rings. The molecule has 0 saturated carbocycles. The van der Waals surface area contributed by atoms with Crippen LogP contribution in [-0.4, -0.2) is 21.0 Å². The summed E-state index contributed by atoms with van der Waals surface area (Å²) in [6, 6.07) is 9.06. The standard InChI is InChI=1S/C15H9FN2O2/c16-9-4-5-13-10(7-9)14(15(19)20)11(8-18-13)12-3-1-2-6-17-12/h1-8H,(H,19,20). The first kappa shape index (κ1) is 12.2. The van der Waals surface area contributed by atoms with Gasteiger partial charge in [0.2, 0.25) is 0 Å². The van der Waals surface area contributed by atoms with Crippen LogP contribution in [-0.2, 0) is 0 Å². The molecule has 5 heteroatoms. The van der Waals surface area contributed by atoms with E-state index in [0.717, 1.165) is 0 Å². The zero-order valence-electron chi connectivity index (χ0n) is 10.2. The number of carboxylic acid groups (broad SMARTS) is 1. The maximum Gasteiger partial charge on any atom is 0.337 e. The van der Waals surface area contributed by atoms with Crippen LogP contribution in [0.25, 0.3) is 22.2 Å². The van der Waals surface area contributed by atoms with Crippen molar-refractivity contribution >= 4 is 16.9 Å². The van der Waals surface area contributed by atoms with Crippen LogP contribution in [0.2, 0.25) is 0 Å². The second-order valence-corrected chi connectivity index (χ2v) is 4.23. The van der Waals surface area contributed by atoms with Gasteiger partial charge < -0.3 is 5.11 Å². The van der Waals surface area contributed by atoms with Crippen LogP contribution in [0.15, 0.2) is 48.8 Å². The van der Waals surface area contributed by atoms with Gasteiger partial charge in [0.15, 0.2) is 0 Å². The first-order valence-electron chi connectivity index (χ1n) is 5.90. The van der Waals surface area contributed by atoms with Gasteiger partial charge in [0.05, 0.1) is 16.8 Å². The van der Waals surface area contributed by atoms with E-state index >= 15 is 0 Å². The fourth-order valence-corrected chi connectivity index (χ4v) is 2.11. The number of pyridine rings is 2. The van der Waals surface area contributed by atoms with Gasteiger partial charge in [0, 0.05) is 23.3 Å². The number of halogens is 1. The Balaban J connectivity index is 2.39. The molecule has 0 unspecified atom stereocenters. The number of nitrogens with zero attached hydrogens (tertiary/aromatic N) is 2. The monoisotopic (exact) mass is 268 g/mol. The highest BCUT2D eigenvalue weighted by molar-refractivity contribution is 6.07. The molecular formula is C15H9FN2O2. The molecule has 2 heterocycles. The number of aromatic nitrogens is 2. The van der Waals surface area contributed by atoms with E-state index in [1.54, 1.807) is 24.4 Å². The molecule has 2 aromatic heterocycles. The molecular weight excluding hydrogens is 259 g/mol. The summed E-state index contributed by atoms with van der Waals surface area (Å²) in [4.78, 5) is 19.8. The fraction of sp³-hybridized carbons (Fsp3) is 0. The van der Waals surface area contributed by atoms with Gasteiger partial charge in [-0.15, -0.1) is 0 Å². The topological polar surface area (TPSA) is 63.1 Å². The van der Waals surface area contributed by atoms with Gasteiger partial charge >= 0.3 is 5.97 Å². The molecule has 3 rings (SSSR count). The number of hydrogen-bond acceptors (Lipinski definition) is 3. The molecule has 0 radical (unpaired) electrons. The molecule has 3 aromatic rings. The van der Waals surface area contributed by atoms with Crippen LogP contribution in [0, 0.1) is 5.82 Å². The van der Waals surface area contributed by atoms with E-state index in [-0.39, 0.29) is 10.9 Å². The van der Waals surface area contributed by atoms with E-state index in [9.17, 15) is 14.3 Å². The third-order valence-corrected chi connectivity index (χ3v) is 2.98. The molecule has 1 aromatic carbocycles. The Bertz CT molecular complexity index is 804. The van der Waals surface area contributed by atoms with E-state index in [2.05, 4.69) is 9.97 Å². The van der Waals surface area contributed by atoms with Gasteiger partial charge in [0.1, 0.15) is 5.82 Å². The molecule has 0 atom stereocenters. The summed E-state index contributed by atoms with van der Waals surface area (Å²) >= 11 is 0. The fourth-order valence-electron chi connectivity index (χ4n) is 2.11. The summed E-state index contributed by atoms with van der Waals surface area (Å²) in [7, 11) is 0. The predicted molar refractivity (Wildman–Crippen MR) is 71.9 cm³/mol. The second-order valence-electron chi connectivity index (χ2n) is 4.23. The van der Waals surface area contributed by atoms with E-state index in [0.29, 0.717) is 16.8 Å². The van der Waals surface area contributed by atoms with Crippen LogP contribution < -0.4 is 0 Å². The second kappa shape index (κ2) is 4.70. The third kappa shape index (κ3) is 1.99. The molecule has 20 heavy (non-hydrogen) atoms. The van der Waals surface area contributed by atoms with Crippen LogP contribution in [0.5, 0.6) is 0 Å². The van der Waals surface area contributed by atoms with Crippen LogP contribution in [0.4, 0.5) is 4.39 Å². The van der Waals surface area contributed by atoms with Crippen molar-refractivity contribution in [3.05, 3.63) is 60.2 Å². The number of benzene rings is 1. The zero-order chi connectivity index (χ0) is 14.1. The van der Waals surface area contributed by atoms with Crippen LogP contribution >= 0.6 is 0 Å². The van der Waals surface area contributed by atoms with Gasteiger partial charge in [-0.2, -0.15) is 0 Å². The van der Waals surface area contributed by atoms with Gasteiger partial charge in [-0.3, -0.25) is 9.97 Å². The van der Waals surface area contributed by atoms with Crippen molar-refractivity contribution in [2.75, 3.05) is 0 Å². The highest BCUT2D eigenvalue weighted by atomic mass is 19.1. The van der Waals surface area contributed by atoms with E-state index in [4.69, 9.17) is 0 Å². The number of aromatic carboxylic acids is 1. The quantitative estimate of drug-likeness (QED) is 0.775. The first-order chi connectivity index (χ1) is 9.66. The van der Waals surface area contributed by atoms with E-state index < -0.39 is 11.8 Å². The van der Waals surface area contributed by atoms with E-state index in [1.165, 1.54) is 24.4 Å². The normalized spacial score (nSPS) is 10.7. The van der Waals surface area contributed by atoms with Crippen molar-refractivity contribution in [2.45, 2.75) is 0 Å². The number of carbonyl (C=O) groups is 1. The summed E-state index contributed by atoms with van der Waals surface area (Å²) in [6.07, 6.45) is 3.02. The molecule has 98 valence electrons. The highest BCUT2D eigenvalue weighted by Gasteiger charge is 2.17. The molecule has 0 bridgehead atoms. The van der Waals surface area contributed by atoms with Gasteiger partial charge in [0.25, 0.3) is 0 Å². The largest absolute Gasteiger partial charge is 0.478 e. The number of fused-ring (bicyclic) bond motifs is 1. The molecule has 0 saturated heterocycles. The average Bonchev–Trinajstić information content (AvgIpc) is 2.46. The summed E-state index contributed by atoms with van der Waals surface area (Å²) < 4.78 is 13.4. The van der Waals surface area contributed by atoms with Gasteiger partial charge in [-0.1, -0.05) is 6.07 Å². The summed E-state index contributed by atoms with van der Waals surface area (Å²) in [5.41, 5.74) is 1.30. The van der Waals surface area contributed by atoms with Gasteiger partial charge in [-0.05, 0) is 30.3 Å². The Morgan fingerprint density at radius 2 is 2.00 bits per heavy atom. The number of rotatable bonds is 2. The Labute approximate surface area is 113 Å². The number of hydrogen-bond donors (Lipinski definition) is 1. The zero-order valence-corrected chi connectivity index (χ0v) is 10.2. The number of carboxylic acids is 1. The van der Waals surface area contributed by atoms with Crippen molar-refractivity contribution in [1.29, 1.82) is 0 Å². The minimum Gasteiger partial charge on any atom is -0.478 e. The molecule has 0 spiro atoms.